The Bertz CT molecular complexity index is 395. The Kier molecular flexibility index (Phi) is 3.37. The van der Waals surface area contributed by atoms with Crippen LogP contribution in [0, 0.1) is 0 Å². The summed E-state index contributed by atoms with van der Waals surface area (Å²) in [5, 5.41) is 0. The fourth-order valence-corrected chi connectivity index (χ4v) is 3.18. The van der Waals surface area contributed by atoms with E-state index in [9.17, 15) is 4.79 Å². The summed E-state index contributed by atoms with van der Waals surface area (Å²) in [6.45, 7) is 4.24. The molecular weight excluding hydrogens is 226 g/mol. The highest BCUT2D eigenvalue weighted by Gasteiger charge is 2.29. The molecule has 0 spiro atoms. The van der Waals surface area contributed by atoms with E-state index in [1.54, 1.807) is 0 Å². The third-order valence-electron chi connectivity index (χ3n) is 4.17. The number of carbonyl (C=O) groups excluding carboxylic acids is 1. The summed E-state index contributed by atoms with van der Waals surface area (Å²) in [4.78, 5) is 19.9. The molecule has 1 aromatic rings. The van der Waals surface area contributed by atoms with Crippen molar-refractivity contribution in [3.8, 4) is 0 Å². The quantitative estimate of drug-likeness (QED) is 0.864. The fourth-order valence-electron chi connectivity index (χ4n) is 3.18. The molecule has 4 heteroatoms. The number of amides is 1. The smallest absolute Gasteiger partial charge is 0.270 e. The second kappa shape index (κ2) is 5.14. The molecular formula is C14H21N3O. The van der Waals surface area contributed by atoms with Gasteiger partial charge in [0.1, 0.15) is 5.69 Å². The zero-order valence-corrected chi connectivity index (χ0v) is 10.8. The monoisotopic (exact) mass is 247 g/mol. The van der Waals surface area contributed by atoms with Gasteiger partial charge in [-0.1, -0.05) is 0 Å². The lowest BCUT2D eigenvalue weighted by Crippen LogP contribution is -2.49. The fraction of sp³-hybridized carbons (Fsp3) is 0.643. The van der Waals surface area contributed by atoms with Crippen molar-refractivity contribution in [2.75, 3.05) is 26.2 Å². The third kappa shape index (κ3) is 2.29. The molecule has 0 radical (unpaired) electrons. The van der Waals surface area contributed by atoms with E-state index in [1.807, 2.05) is 23.2 Å². The normalized spacial score (nSPS) is 25.6. The highest BCUT2D eigenvalue weighted by Crippen LogP contribution is 2.21. The van der Waals surface area contributed by atoms with Crippen LogP contribution >= 0.6 is 0 Å². The summed E-state index contributed by atoms with van der Waals surface area (Å²) in [5.41, 5.74) is 0.720. The second-order valence-corrected chi connectivity index (χ2v) is 5.37. The molecule has 2 saturated heterocycles. The lowest BCUT2D eigenvalue weighted by Gasteiger charge is -2.37. The Morgan fingerprint density at radius 2 is 2.06 bits per heavy atom. The third-order valence-corrected chi connectivity index (χ3v) is 4.17. The molecule has 0 aliphatic carbocycles. The number of aromatic nitrogens is 1. The van der Waals surface area contributed by atoms with Crippen molar-refractivity contribution in [3.05, 3.63) is 24.0 Å². The molecule has 1 atom stereocenters. The van der Waals surface area contributed by atoms with Crippen LogP contribution in [0.1, 0.15) is 36.2 Å². The summed E-state index contributed by atoms with van der Waals surface area (Å²) in [6, 6.07) is 4.33. The van der Waals surface area contributed by atoms with Gasteiger partial charge in [0.05, 0.1) is 0 Å². The zero-order valence-electron chi connectivity index (χ0n) is 10.8. The standard InChI is InChI=1S/C14H21N3O/c18-14(13-6-3-7-15-13)17-10-4-5-12(11-17)16-8-1-2-9-16/h3,6-7,12,15H,1-2,4-5,8-11H2. The van der Waals surface area contributed by atoms with Gasteiger partial charge in [0, 0.05) is 25.3 Å². The lowest BCUT2D eigenvalue weighted by molar-refractivity contribution is 0.0603. The molecule has 3 heterocycles. The van der Waals surface area contributed by atoms with E-state index >= 15 is 0 Å². The average Bonchev–Trinajstić information content (AvgIpc) is 3.11. The van der Waals surface area contributed by atoms with Crippen molar-refractivity contribution in [3.63, 3.8) is 0 Å². The number of piperidine rings is 1. The topological polar surface area (TPSA) is 39.3 Å². The van der Waals surface area contributed by atoms with E-state index in [0.717, 1.165) is 25.2 Å². The molecule has 1 unspecified atom stereocenters. The first-order chi connectivity index (χ1) is 8.84. The van der Waals surface area contributed by atoms with Crippen LogP contribution in [0.2, 0.25) is 0 Å². The highest BCUT2D eigenvalue weighted by atomic mass is 16.2. The van der Waals surface area contributed by atoms with Crippen LogP contribution in [-0.4, -0.2) is 52.9 Å². The maximum atomic E-state index is 12.3. The number of aromatic amines is 1. The molecule has 0 aromatic carbocycles. The lowest BCUT2D eigenvalue weighted by atomic mass is 10.0. The molecule has 4 nitrogen and oxygen atoms in total. The maximum Gasteiger partial charge on any atom is 0.270 e. The Labute approximate surface area is 108 Å². The van der Waals surface area contributed by atoms with Crippen LogP contribution in [0.15, 0.2) is 18.3 Å². The molecule has 1 N–H and O–H groups in total. The number of likely N-dealkylation sites (tertiary alicyclic amines) is 2. The summed E-state index contributed by atoms with van der Waals surface area (Å²) >= 11 is 0. The number of carbonyl (C=O) groups is 1. The van der Waals surface area contributed by atoms with Crippen LogP contribution < -0.4 is 0 Å². The van der Waals surface area contributed by atoms with Gasteiger partial charge in [0.2, 0.25) is 0 Å². The van der Waals surface area contributed by atoms with Gasteiger partial charge < -0.3 is 9.88 Å². The Balaban J connectivity index is 1.64. The molecule has 3 rings (SSSR count). The van der Waals surface area contributed by atoms with Crippen LogP contribution in [0.25, 0.3) is 0 Å². The van der Waals surface area contributed by atoms with Crippen molar-refractivity contribution in [1.29, 1.82) is 0 Å². The van der Waals surface area contributed by atoms with Gasteiger partial charge in [-0.2, -0.15) is 0 Å². The van der Waals surface area contributed by atoms with Crippen molar-refractivity contribution < 1.29 is 4.79 Å². The van der Waals surface area contributed by atoms with E-state index in [2.05, 4.69) is 9.88 Å². The molecule has 0 bridgehead atoms. The van der Waals surface area contributed by atoms with Gasteiger partial charge in [-0.05, 0) is 50.9 Å². The van der Waals surface area contributed by atoms with Crippen molar-refractivity contribution in [2.24, 2.45) is 0 Å². The molecule has 98 valence electrons. The van der Waals surface area contributed by atoms with Crippen molar-refractivity contribution in [2.45, 2.75) is 31.7 Å². The maximum absolute atomic E-state index is 12.3. The first-order valence-corrected chi connectivity index (χ1v) is 7.01. The zero-order chi connectivity index (χ0) is 12.4. The van der Waals surface area contributed by atoms with Gasteiger partial charge in [0.15, 0.2) is 0 Å². The Hall–Kier alpha value is -1.29. The molecule has 2 aliphatic rings. The predicted molar refractivity (Wildman–Crippen MR) is 70.5 cm³/mol. The number of hydrogen-bond acceptors (Lipinski definition) is 2. The van der Waals surface area contributed by atoms with Gasteiger partial charge in [-0.25, -0.2) is 0 Å². The van der Waals surface area contributed by atoms with E-state index in [-0.39, 0.29) is 5.91 Å². The van der Waals surface area contributed by atoms with Gasteiger partial charge in [0.25, 0.3) is 5.91 Å². The summed E-state index contributed by atoms with van der Waals surface area (Å²) in [5.74, 6) is 0.156. The number of rotatable bonds is 2. The largest absolute Gasteiger partial charge is 0.357 e. The van der Waals surface area contributed by atoms with Crippen LogP contribution in [0.4, 0.5) is 0 Å². The van der Waals surface area contributed by atoms with Crippen LogP contribution in [-0.2, 0) is 0 Å². The van der Waals surface area contributed by atoms with Gasteiger partial charge in [-0.15, -0.1) is 0 Å². The number of hydrogen-bond donors (Lipinski definition) is 1. The molecule has 2 fully saturated rings. The molecule has 18 heavy (non-hydrogen) atoms. The number of H-pyrrole nitrogens is 1. The van der Waals surface area contributed by atoms with Crippen LogP contribution in [0.3, 0.4) is 0 Å². The van der Waals surface area contributed by atoms with Crippen molar-refractivity contribution >= 4 is 5.91 Å². The van der Waals surface area contributed by atoms with E-state index < -0.39 is 0 Å². The minimum atomic E-state index is 0.156. The Morgan fingerprint density at radius 1 is 1.22 bits per heavy atom. The highest BCUT2D eigenvalue weighted by molar-refractivity contribution is 5.92. The summed E-state index contributed by atoms with van der Waals surface area (Å²) in [6.07, 6.45) is 6.83. The minimum Gasteiger partial charge on any atom is -0.357 e. The Morgan fingerprint density at radius 3 is 2.78 bits per heavy atom. The number of nitrogens with one attached hydrogen (secondary N) is 1. The van der Waals surface area contributed by atoms with Gasteiger partial charge >= 0.3 is 0 Å². The second-order valence-electron chi connectivity index (χ2n) is 5.37. The van der Waals surface area contributed by atoms with Gasteiger partial charge in [-0.3, -0.25) is 9.69 Å². The first-order valence-electron chi connectivity index (χ1n) is 7.01. The SMILES string of the molecule is O=C(c1ccc[nH]1)N1CCCC(N2CCCC2)C1. The van der Waals surface area contributed by atoms with Crippen molar-refractivity contribution in [1.82, 2.24) is 14.8 Å². The predicted octanol–water partition coefficient (Wildman–Crippen LogP) is 1.72. The van der Waals surface area contributed by atoms with Crippen LogP contribution in [0.5, 0.6) is 0 Å². The molecule has 1 aromatic heterocycles. The van der Waals surface area contributed by atoms with E-state index in [0.29, 0.717) is 6.04 Å². The average molecular weight is 247 g/mol. The van der Waals surface area contributed by atoms with E-state index in [1.165, 1.54) is 32.4 Å². The molecule has 2 aliphatic heterocycles. The summed E-state index contributed by atoms with van der Waals surface area (Å²) < 4.78 is 0. The first kappa shape index (κ1) is 11.8. The minimum absolute atomic E-state index is 0.156. The molecule has 0 saturated carbocycles. The number of nitrogens with zero attached hydrogens (tertiary/aromatic N) is 2. The summed E-state index contributed by atoms with van der Waals surface area (Å²) in [7, 11) is 0. The molecule has 1 amide bonds. The van der Waals surface area contributed by atoms with E-state index in [4.69, 9.17) is 0 Å².